The van der Waals surface area contributed by atoms with Crippen molar-refractivity contribution in [2.75, 3.05) is 7.05 Å². The number of rotatable bonds is 2. The number of hydrogen-bond donors (Lipinski definition) is 1. The number of hydrogen-bond acceptors (Lipinski definition) is 2. The SMILES string of the molecule is CNC(C)c1sc2ccc(F)cc2c1C. The second kappa shape index (κ2) is 3.91. The first-order valence-electron chi connectivity index (χ1n) is 4.99. The van der Waals surface area contributed by atoms with E-state index in [4.69, 9.17) is 0 Å². The molecule has 0 saturated heterocycles. The third kappa shape index (κ3) is 1.77. The molecule has 2 rings (SSSR count). The summed E-state index contributed by atoms with van der Waals surface area (Å²) < 4.78 is 14.3. The van der Waals surface area contributed by atoms with Crippen LogP contribution in [0, 0.1) is 12.7 Å². The smallest absolute Gasteiger partial charge is 0.123 e. The van der Waals surface area contributed by atoms with E-state index in [1.165, 1.54) is 16.5 Å². The molecule has 1 unspecified atom stereocenters. The number of thiophene rings is 1. The normalized spacial score (nSPS) is 13.3. The maximum Gasteiger partial charge on any atom is 0.123 e. The molecule has 80 valence electrons. The van der Waals surface area contributed by atoms with Gasteiger partial charge in [-0.1, -0.05) is 0 Å². The highest BCUT2D eigenvalue weighted by Gasteiger charge is 2.13. The molecule has 1 atom stereocenters. The summed E-state index contributed by atoms with van der Waals surface area (Å²) in [4.78, 5) is 1.29. The van der Waals surface area contributed by atoms with Crippen LogP contribution in [0.1, 0.15) is 23.4 Å². The van der Waals surface area contributed by atoms with E-state index in [0.717, 1.165) is 10.1 Å². The largest absolute Gasteiger partial charge is 0.313 e. The van der Waals surface area contributed by atoms with Gasteiger partial charge >= 0.3 is 0 Å². The van der Waals surface area contributed by atoms with Gasteiger partial charge in [-0.3, -0.25) is 0 Å². The van der Waals surface area contributed by atoms with Gasteiger partial charge in [0.05, 0.1) is 0 Å². The number of aryl methyl sites for hydroxylation is 1. The molecule has 1 heterocycles. The summed E-state index contributed by atoms with van der Waals surface area (Å²) in [6, 6.07) is 5.32. The summed E-state index contributed by atoms with van der Waals surface area (Å²) in [7, 11) is 1.94. The average molecular weight is 223 g/mol. The van der Waals surface area contributed by atoms with Crippen LogP contribution in [0.15, 0.2) is 18.2 Å². The Morgan fingerprint density at radius 1 is 1.40 bits per heavy atom. The fourth-order valence-electron chi connectivity index (χ4n) is 1.76. The van der Waals surface area contributed by atoms with E-state index < -0.39 is 0 Å². The minimum Gasteiger partial charge on any atom is -0.313 e. The zero-order valence-electron chi connectivity index (χ0n) is 9.10. The molecule has 0 radical (unpaired) electrons. The van der Waals surface area contributed by atoms with Crippen molar-refractivity contribution < 1.29 is 4.39 Å². The van der Waals surface area contributed by atoms with Gasteiger partial charge in [0.25, 0.3) is 0 Å². The first-order valence-corrected chi connectivity index (χ1v) is 5.81. The molecule has 0 bridgehead atoms. The highest BCUT2D eigenvalue weighted by molar-refractivity contribution is 7.19. The molecule has 2 aromatic rings. The number of halogens is 1. The monoisotopic (exact) mass is 223 g/mol. The summed E-state index contributed by atoms with van der Waals surface area (Å²) in [5.41, 5.74) is 1.19. The Kier molecular flexibility index (Phi) is 2.76. The van der Waals surface area contributed by atoms with Gasteiger partial charge in [-0.05, 0) is 50.0 Å². The second-order valence-electron chi connectivity index (χ2n) is 3.74. The quantitative estimate of drug-likeness (QED) is 0.819. The molecule has 1 nitrogen and oxygen atoms in total. The molecule has 0 fully saturated rings. The van der Waals surface area contributed by atoms with Crippen molar-refractivity contribution in [3.05, 3.63) is 34.5 Å². The summed E-state index contributed by atoms with van der Waals surface area (Å²) in [6.45, 7) is 4.18. The van der Waals surface area contributed by atoms with E-state index in [9.17, 15) is 4.39 Å². The summed E-state index contributed by atoms with van der Waals surface area (Å²) in [5, 5.41) is 4.25. The zero-order valence-corrected chi connectivity index (χ0v) is 9.91. The maximum atomic E-state index is 13.1. The first-order chi connectivity index (χ1) is 7.13. The Bertz CT molecular complexity index is 490. The molecule has 0 spiro atoms. The lowest BCUT2D eigenvalue weighted by atomic mass is 10.1. The lowest BCUT2D eigenvalue weighted by molar-refractivity contribution is 0.629. The third-order valence-corrected chi connectivity index (χ3v) is 4.22. The highest BCUT2D eigenvalue weighted by Crippen LogP contribution is 2.34. The van der Waals surface area contributed by atoms with Crippen LogP contribution in [0.4, 0.5) is 4.39 Å². The van der Waals surface area contributed by atoms with Crippen molar-refractivity contribution in [3.8, 4) is 0 Å². The van der Waals surface area contributed by atoms with Gasteiger partial charge in [-0.2, -0.15) is 0 Å². The van der Waals surface area contributed by atoms with Crippen molar-refractivity contribution in [3.63, 3.8) is 0 Å². The van der Waals surface area contributed by atoms with Crippen LogP contribution >= 0.6 is 11.3 Å². The molecule has 0 aliphatic carbocycles. The van der Waals surface area contributed by atoms with Crippen molar-refractivity contribution in [1.82, 2.24) is 5.32 Å². The Morgan fingerprint density at radius 2 is 2.13 bits per heavy atom. The van der Waals surface area contributed by atoms with Crippen LogP contribution in [0.5, 0.6) is 0 Å². The summed E-state index contributed by atoms with van der Waals surface area (Å²) in [5.74, 6) is -0.160. The third-order valence-electron chi connectivity index (χ3n) is 2.76. The van der Waals surface area contributed by atoms with Gasteiger partial charge in [0.1, 0.15) is 5.82 Å². The Hall–Kier alpha value is -0.930. The van der Waals surface area contributed by atoms with Crippen LogP contribution < -0.4 is 5.32 Å². The molecule has 0 aliphatic rings. The molecule has 15 heavy (non-hydrogen) atoms. The average Bonchev–Trinajstić information content (AvgIpc) is 2.55. The van der Waals surface area contributed by atoms with E-state index in [-0.39, 0.29) is 5.82 Å². The van der Waals surface area contributed by atoms with Crippen molar-refractivity contribution in [2.45, 2.75) is 19.9 Å². The minimum absolute atomic E-state index is 0.160. The fourth-order valence-corrected chi connectivity index (χ4v) is 3.01. The standard InChI is InChI=1S/C12H14FNS/c1-7-10-6-9(13)4-5-11(10)15-12(7)8(2)14-3/h4-6,8,14H,1-3H3. The molecule has 1 N–H and O–H groups in total. The van der Waals surface area contributed by atoms with Crippen molar-refractivity contribution in [2.24, 2.45) is 0 Å². The fraction of sp³-hybridized carbons (Fsp3) is 0.333. The van der Waals surface area contributed by atoms with Gasteiger partial charge in [-0.25, -0.2) is 4.39 Å². The Labute approximate surface area is 92.9 Å². The van der Waals surface area contributed by atoms with E-state index in [2.05, 4.69) is 19.2 Å². The Morgan fingerprint density at radius 3 is 2.80 bits per heavy atom. The molecule has 0 saturated carbocycles. The van der Waals surface area contributed by atoms with Gasteiger partial charge in [0.2, 0.25) is 0 Å². The molecular formula is C12H14FNS. The first kappa shape index (κ1) is 10.6. The van der Waals surface area contributed by atoms with E-state index in [1.807, 2.05) is 13.1 Å². The lowest BCUT2D eigenvalue weighted by Crippen LogP contribution is -2.11. The zero-order chi connectivity index (χ0) is 11.0. The minimum atomic E-state index is -0.160. The van der Waals surface area contributed by atoms with Gasteiger partial charge in [-0.15, -0.1) is 11.3 Å². The van der Waals surface area contributed by atoms with Crippen LogP contribution in [0.3, 0.4) is 0 Å². The number of nitrogens with one attached hydrogen (secondary N) is 1. The molecular weight excluding hydrogens is 209 g/mol. The van der Waals surface area contributed by atoms with Gasteiger partial charge < -0.3 is 5.32 Å². The van der Waals surface area contributed by atoms with Gasteiger partial charge in [0, 0.05) is 15.6 Å². The van der Waals surface area contributed by atoms with Crippen molar-refractivity contribution >= 4 is 21.4 Å². The van der Waals surface area contributed by atoms with E-state index in [1.54, 1.807) is 17.4 Å². The molecule has 1 aromatic carbocycles. The topological polar surface area (TPSA) is 12.0 Å². The van der Waals surface area contributed by atoms with E-state index in [0.29, 0.717) is 6.04 Å². The van der Waals surface area contributed by atoms with Gasteiger partial charge in [0.15, 0.2) is 0 Å². The predicted octanol–water partition coefficient (Wildman–Crippen LogP) is 3.63. The van der Waals surface area contributed by atoms with E-state index >= 15 is 0 Å². The molecule has 3 heteroatoms. The highest BCUT2D eigenvalue weighted by atomic mass is 32.1. The molecule has 0 aliphatic heterocycles. The maximum absolute atomic E-state index is 13.1. The molecule has 1 aromatic heterocycles. The second-order valence-corrected chi connectivity index (χ2v) is 4.83. The molecule has 0 amide bonds. The predicted molar refractivity (Wildman–Crippen MR) is 64.0 cm³/mol. The number of fused-ring (bicyclic) bond motifs is 1. The van der Waals surface area contributed by atoms with Crippen molar-refractivity contribution in [1.29, 1.82) is 0 Å². The summed E-state index contributed by atoms with van der Waals surface area (Å²) >= 11 is 1.74. The van der Waals surface area contributed by atoms with Crippen LogP contribution in [0.25, 0.3) is 10.1 Å². The van der Waals surface area contributed by atoms with Crippen LogP contribution in [-0.4, -0.2) is 7.05 Å². The van der Waals surface area contributed by atoms with Crippen LogP contribution in [0.2, 0.25) is 0 Å². The Balaban J connectivity index is 2.64. The van der Waals surface area contributed by atoms with Crippen LogP contribution in [-0.2, 0) is 0 Å². The lowest BCUT2D eigenvalue weighted by Gasteiger charge is -2.08. The summed E-state index contributed by atoms with van der Waals surface area (Å²) in [6.07, 6.45) is 0. The number of benzene rings is 1.